The smallest absolute Gasteiger partial charge is 0.325 e. The second kappa shape index (κ2) is 14.1. The highest BCUT2D eigenvalue weighted by molar-refractivity contribution is 7.17. The number of aliphatic carboxylic acids is 1. The summed E-state index contributed by atoms with van der Waals surface area (Å²) in [6.07, 6.45) is 9.29. The van der Waals surface area contributed by atoms with Gasteiger partial charge in [0.25, 0.3) is 0 Å². The van der Waals surface area contributed by atoms with Crippen molar-refractivity contribution in [3.63, 3.8) is 0 Å². The number of carboxylic acids is 1. The fourth-order valence-corrected chi connectivity index (χ4v) is 6.85. The molecule has 0 saturated carbocycles. The number of carbonyl (C=O) groups is 1. The summed E-state index contributed by atoms with van der Waals surface area (Å²) in [5.41, 5.74) is 3.29. The van der Waals surface area contributed by atoms with Gasteiger partial charge in [0, 0.05) is 37.6 Å². The molecule has 2 saturated heterocycles. The van der Waals surface area contributed by atoms with Crippen LogP contribution in [0.25, 0.3) is 0 Å². The molecule has 3 aliphatic rings. The van der Waals surface area contributed by atoms with Gasteiger partial charge in [-0.1, -0.05) is 12.5 Å². The maximum Gasteiger partial charge on any atom is 0.325 e. The van der Waals surface area contributed by atoms with E-state index in [0.29, 0.717) is 48.5 Å². The van der Waals surface area contributed by atoms with Gasteiger partial charge in [-0.25, -0.2) is 9.37 Å². The molecule has 7 nitrogen and oxygen atoms in total. The van der Waals surface area contributed by atoms with Crippen LogP contribution in [-0.2, 0) is 22.4 Å². The Labute approximate surface area is 239 Å². The number of fused-ring (bicyclic) bond motifs is 1. The van der Waals surface area contributed by atoms with Crippen LogP contribution in [0.15, 0.2) is 30.3 Å². The Kier molecular flexibility index (Phi) is 10.3. The highest BCUT2D eigenvalue weighted by Gasteiger charge is 2.37. The van der Waals surface area contributed by atoms with Gasteiger partial charge in [-0.3, -0.25) is 9.69 Å². The molecule has 218 valence electrons. The van der Waals surface area contributed by atoms with Crippen LogP contribution in [0.2, 0.25) is 0 Å². The quantitative estimate of drug-likeness (QED) is 0.258. The number of hydrogen-bond donors (Lipinski definition) is 2. The Bertz CT molecular complexity index is 1150. The Morgan fingerprint density at radius 1 is 1.23 bits per heavy atom. The number of anilines is 1. The number of hydrogen-bond acceptors (Lipinski definition) is 6. The lowest BCUT2D eigenvalue weighted by Gasteiger charge is -2.28. The summed E-state index contributed by atoms with van der Waals surface area (Å²) in [6.45, 7) is 4.28. The van der Waals surface area contributed by atoms with Gasteiger partial charge in [-0.2, -0.15) is 0 Å². The molecular formula is C31H43FN3O4P. The molecule has 2 fully saturated rings. The number of unbranched alkanes of at least 4 members (excludes halogenated alkanes) is 1. The first-order chi connectivity index (χ1) is 19.5. The van der Waals surface area contributed by atoms with E-state index in [1.165, 1.54) is 24.1 Å². The average Bonchev–Trinajstić information content (AvgIpc) is 3.45. The van der Waals surface area contributed by atoms with Crippen LogP contribution in [0.3, 0.4) is 0 Å². The van der Waals surface area contributed by atoms with Crippen molar-refractivity contribution < 1.29 is 23.8 Å². The van der Waals surface area contributed by atoms with E-state index in [1.54, 1.807) is 6.07 Å². The van der Waals surface area contributed by atoms with Crippen molar-refractivity contribution in [1.29, 1.82) is 0 Å². The number of halogens is 1. The molecule has 0 amide bonds. The Balaban J connectivity index is 1.14. The minimum absolute atomic E-state index is 0.365. The third kappa shape index (κ3) is 7.51. The summed E-state index contributed by atoms with van der Waals surface area (Å²) < 4.78 is 25.9. The van der Waals surface area contributed by atoms with Crippen molar-refractivity contribution in [2.24, 2.45) is 11.8 Å². The first-order valence-electron chi connectivity index (χ1n) is 14.9. The molecule has 1 aromatic heterocycles. The topological polar surface area (TPSA) is 83.9 Å². The summed E-state index contributed by atoms with van der Waals surface area (Å²) >= 11 is 0. The molecule has 0 radical (unpaired) electrons. The van der Waals surface area contributed by atoms with Gasteiger partial charge < -0.3 is 19.9 Å². The van der Waals surface area contributed by atoms with Crippen LogP contribution in [0.1, 0.15) is 67.8 Å². The molecule has 2 aromatic rings. The summed E-state index contributed by atoms with van der Waals surface area (Å²) in [7, 11) is 3.01. The molecule has 0 aliphatic carbocycles. The lowest BCUT2D eigenvalue weighted by Crippen LogP contribution is -2.34. The molecular weight excluding hydrogens is 528 g/mol. The number of likely N-dealkylation sites (tertiary alicyclic amines) is 1. The summed E-state index contributed by atoms with van der Waals surface area (Å²) in [5.74, 6) is 0.874. The monoisotopic (exact) mass is 571 g/mol. The van der Waals surface area contributed by atoms with Crippen LogP contribution in [0.5, 0.6) is 5.75 Å². The molecule has 5 rings (SSSR count). The molecule has 4 atom stereocenters. The number of nitrogens with zero attached hydrogens (tertiary/aromatic N) is 2. The molecule has 0 spiro atoms. The molecule has 4 heterocycles. The Morgan fingerprint density at radius 3 is 2.90 bits per heavy atom. The number of nitrogens with one attached hydrogen (secondary N) is 1. The standard InChI is InChI=1S/C31H43FN3O4P/c32-24-8-10-27(39-20-21-12-16-38-17-13-21)26(18-24)29(31(36)37)35-15-11-23(19-35)28(40)6-2-1-5-25-9-7-22-4-3-14-33-30(22)34-25/h7-10,18,21,23,28-29H,1-6,11-17,19-20,40H2,(H,33,34)(H,36,37). The van der Waals surface area contributed by atoms with Crippen molar-refractivity contribution >= 4 is 21.0 Å². The number of aryl methyl sites for hydroxylation is 2. The van der Waals surface area contributed by atoms with E-state index in [2.05, 4.69) is 26.7 Å². The largest absolute Gasteiger partial charge is 0.493 e. The van der Waals surface area contributed by atoms with Gasteiger partial charge in [0.1, 0.15) is 23.4 Å². The fraction of sp³-hybridized carbons (Fsp3) is 0.613. The van der Waals surface area contributed by atoms with Crippen LogP contribution < -0.4 is 10.1 Å². The van der Waals surface area contributed by atoms with Gasteiger partial charge >= 0.3 is 5.97 Å². The van der Waals surface area contributed by atoms with Crippen LogP contribution in [0, 0.1) is 17.7 Å². The number of ether oxygens (including phenoxy) is 2. The fourth-order valence-electron chi connectivity index (χ4n) is 6.30. The highest BCUT2D eigenvalue weighted by Crippen LogP contribution is 2.37. The molecule has 2 N–H and O–H groups in total. The minimum atomic E-state index is -0.963. The van der Waals surface area contributed by atoms with E-state index in [0.717, 1.165) is 82.6 Å². The predicted octanol–water partition coefficient (Wildman–Crippen LogP) is 5.49. The summed E-state index contributed by atoms with van der Waals surface area (Å²) in [4.78, 5) is 19.3. The number of benzene rings is 1. The highest BCUT2D eigenvalue weighted by atomic mass is 31.0. The molecule has 4 unspecified atom stereocenters. The normalized spacial score (nSPS) is 21.4. The van der Waals surface area contributed by atoms with Crippen molar-refractivity contribution in [3.05, 3.63) is 53.0 Å². The van der Waals surface area contributed by atoms with Crippen LogP contribution in [-0.4, -0.2) is 66.1 Å². The second-order valence-corrected chi connectivity index (χ2v) is 12.4. The van der Waals surface area contributed by atoms with Gasteiger partial charge in [-0.05, 0) is 105 Å². The number of rotatable bonds is 12. The lowest BCUT2D eigenvalue weighted by atomic mass is 9.98. The van der Waals surface area contributed by atoms with E-state index in [9.17, 15) is 14.3 Å². The van der Waals surface area contributed by atoms with Gasteiger partial charge in [0.2, 0.25) is 0 Å². The molecule has 1 aromatic carbocycles. The zero-order valence-electron chi connectivity index (χ0n) is 23.3. The van der Waals surface area contributed by atoms with E-state index in [-0.39, 0.29) is 0 Å². The van der Waals surface area contributed by atoms with Crippen molar-refractivity contribution in [2.45, 2.75) is 69.5 Å². The predicted molar refractivity (Wildman–Crippen MR) is 158 cm³/mol. The zero-order chi connectivity index (χ0) is 27.9. The van der Waals surface area contributed by atoms with Crippen molar-refractivity contribution in [3.8, 4) is 5.75 Å². The van der Waals surface area contributed by atoms with Crippen molar-refractivity contribution in [2.75, 3.05) is 44.8 Å². The molecule has 3 aliphatic heterocycles. The summed E-state index contributed by atoms with van der Waals surface area (Å²) in [6, 6.07) is 7.73. The lowest BCUT2D eigenvalue weighted by molar-refractivity contribution is -0.143. The first-order valence-corrected chi connectivity index (χ1v) is 15.6. The maximum atomic E-state index is 14.3. The minimum Gasteiger partial charge on any atom is -0.493 e. The molecule has 0 bridgehead atoms. The van der Waals surface area contributed by atoms with Gasteiger partial charge in [0.05, 0.1) is 6.61 Å². The van der Waals surface area contributed by atoms with E-state index in [4.69, 9.17) is 14.5 Å². The third-order valence-electron chi connectivity index (χ3n) is 8.71. The van der Waals surface area contributed by atoms with Gasteiger partial charge in [0.15, 0.2) is 0 Å². The SMILES string of the molecule is O=C(O)C(c1cc(F)ccc1OCC1CCOCC1)N1CCC(C(P)CCCCc2ccc3c(n2)NCCC3)C1. The maximum absolute atomic E-state index is 14.3. The number of aromatic nitrogens is 1. The van der Waals surface area contributed by atoms with E-state index < -0.39 is 17.8 Å². The van der Waals surface area contributed by atoms with Crippen molar-refractivity contribution in [1.82, 2.24) is 9.88 Å². The second-order valence-electron chi connectivity index (χ2n) is 11.6. The third-order valence-corrected chi connectivity index (χ3v) is 9.59. The zero-order valence-corrected chi connectivity index (χ0v) is 24.5. The molecule has 9 heteroatoms. The number of carboxylic acid groups (broad SMARTS) is 1. The van der Waals surface area contributed by atoms with E-state index >= 15 is 0 Å². The average molecular weight is 572 g/mol. The Hall–Kier alpha value is -2.28. The van der Waals surface area contributed by atoms with Gasteiger partial charge in [-0.15, -0.1) is 9.24 Å². The Morgan fingerprint density at radius 2 is 2.08 bits per heavy atom. The van der Waals surface area contributed by atoms with Crippen LogP contribution >= 0.6 is 9.24 Å². The first kappa shape index (κ1) is 29.2. The van der Waals surface area contributed by atoms with Crippen LogP contribution in [0.4, 0.5) is 10.2 Å². The van der Waals surface area contributed by atoms with E-state index in [1.807, 2.05) is 4.90 Å². The number of pyridine rings is 1. The summed E-state index contributed by atoms with van der Waals surface area (Å²) in [5, 5.41) is 13.7. The molecule has 40 heavy (non-hydrogen) atoms.